The molecule has 0 radical (unpaired) electrons. The fourth-order valence-electron chi connectivity index (χ4n) is 2.44. The number of carbonyl (C=O) groups excluding carboxylic acids is 1. The summed E-state index contributed by atoms with van der Waals surface area (Å²) >= 11 is 1.64. The quantitative estimate of drug-likeness (QED) is 0.688. The van der Waals surface area contributed by atoms with Crippen molar-refractivity contribution in [2.75, 3.05) is 13.7 Å². The Balaban J connectivity index is 1.89. The number of methoxy groups -OCH3 is 1. The zero-order valence-electron chi connectivity index (χ0n) is 13.7. The van der Waals surface area contributed by atoms with Gasteiger partial charge < -0.3 is 9.64 Å². The fourth-order valence-corrected chi connectivity index (χ4v) is 3.16. The van der Waals surface area contributed by atoms with Gasteiger partial charge in [0, 0.05) is 11.4 Å². The highest BCUT2D eigenvalue weighted by molar-refractivity contribution is 7.09. The summed E-state index contributed by atoms with van der Waals surface area (Å²) in [6.07, 6.45) is 1.74. The van der Waals surface area contributed by atoms with Crippen LogP contribution in [-0.2, 0) is 6.54 Å². The molecule has 1 aromatic carbocycles. The molecule has 5 nitrogen and oxygen atoms in total. The Kier molecular flexibility index (Phi) is 4.96. The third-order valence-corrected chi connectivity index (χ3v) is 4.58. The van der Waals surface area contributed by atoms with Crippen molar-refractivity contribution in [1.82, 2.24) is 14.7 Å². The van der Waals surface area contributed by atoms with Gasteiger partial charge in [0.05, 0.1) is 25.5 Å². The fraction of sp³-hybridized carbons (Fsp3) is 0.222. The van der Waals surface area contributed by atoms with Crippen molar-refractivity contribution in [1.29, 1.82) is 0 Å². The first kappa shape index (κ1) is 16.3. The number of hydrogen-bond acceptors (Lipinski definition) is 4. The van der Waals surface area contributed by atoms with Gasteiger partial charge in [0.1, 0.15) is 0 Å². The second-order valence-electron chi connectivity index (χ2n) is 5.22. The van der Waals surface area contributed by atoms with E-state index in [-0.39, 0.29) is 5.91 Å². The van der Waals surface area contributed by atoms with Crippen LogP contribution in [-0.4, -0.2) is 34.2 Å². The molecule has 0 spiro atoms. The molecule has 0 aliphatic heterocycles. The minimum absolute atomic E-state index is 0.127. The Morgan fingerprint density at radius 3 is 2.67 bits per heavy atom. The highest BCUT2D eigenvalue weighted by atomic mass is 32.1. The van der Waals surface area contributed by atoms with E-state index in [1.165, 1.54) is 0 Å². The average molecular weight is 341 g/mol. The summed E-state index contributed by atoms with van der Waals surface area (Å²) in [4.78, 5) is 15.8. The largest absolute Gasteiger partial charge is 0.493 e. The van der Waals surface area contributed by atoms with Crippen LogP contribution in [0.2, 0.25) is 0 Å². The van der Waals surface area contributed by atoms with Crippen LogP contribution in [0.4, 0.5) is 0 Å². The Hall–Kier alpha value is -2.60. The van der Waals surface area contributed by atoms with Crippen molar-refractivity contribution in [2.45, 2.75) is 13.5 Å². The molecule has 2 aromatic heterocycles. The van der Waals surface area contributed by atoms with Crippen molar-refractivity contribution >= 4 is 17.2 Å². The third-order valence-electron chi connectivity index (χ3n) is 3.72. The molecule has 3 aromatic rings. The Morgan fingerprint density at radius 2 is 2.04 bits per heavy atom. The van der Waals surface area contributed by atoms with E-state index in [1.54, 1.807) is 34.2 Å². The monoisotopic (exact) mass is 341 g/mol. The summed E-state index contributed by atoms with van der Waals surface area (Å²) in [5.41, 5.74) is 1.22. The summed E-state index contributed by atoms with van der Waals surface area (Å²) < 4.78 is 7.04. The molecule has 3 rings (SSSR count). The zero-order valence-corrected chi connectivity index (χ0v) is 14.5. The SMILES string of the molecule is CCN(Cc1cccs1)C(=O)c1nn(-c2ccccc2)cc1OC. The molecule has 0 atom stereocenters. The first-order valence-corrected chi connectivity index (χ1v) is 8.61. The molecule has 24 heavy (non-hydrogen) atoms. The van der Waals surface area contributed by atoms with Crippen molar-refractivity contribution in [3.63, 3.8) is 0 Å². The van der Waals surface area contributed by atoms with Crippen molar-refractivity contribution in [3.8, 4) is 11.4 Å². The van der Waals surface area contributed by atoms with Crippen LogP contribution in [0.3, 0.4) is 0 Å². The lowest BCUT2D eigenvalue weighted by Gasteiger charge is -2.19. The van der Waals surface area contributed by atoms with Crippen LogP contribution in [0.25, 0.3) is 5.69 Å². The first-order valence-electron chi connectivity index (χ1n) is 7.73. The molecule has 124 valence electrons. The molecule has 6 heteroatoms. The van der Waals surface area contributed by atoms with Crippen LogP contribution < -0.4 is 4.74 Å². The maximum atomic E-state index is 12.9. The summed E-state index contributed by atoms with van der Waals surface area (Å²) in [7, 11) is 1.55. The van der Waals surface area contributed by atoms with Crippen molar-refractivity contribution < 1.29 is 9.53 Å². The van der Waals surface area contributed by atoms with Gasteiger partial charge in [-0.05, 0) is 30.5 Å². The van der Waals surface area contributed by atoms with Crippen LogP contribution in [0.15, 0.2) is 54.0 Å². The first-order chi connectivity index (χ1) is 11.7. The number of para-hydroxylation sites is 1. The van der Waals surface area contributed by atoms with E-state index >= 15 is 0 Å². The molecule has 0 saturated carbocycles. The average Bonchev–Trinajstić information content (AvgIpc) is 3.29. The normalized spacial score (nSPS) is 10.6. The van der Waals surface area contributed by atoms with E-state index in [2.05, 4.69) is 5.10 Å². The number of ether oxygens (including phenoxy) is 1. The van der Waals surface area contributed by atoms with E-state index in [9.17, 15) is 4.79 Å². The van der Waals surface area contributed by atoms with Gasteiger partial charge in [-0.25, -0.2) is 4.68 Å². The number of thiophene rings is 1. The highest BCUT2D eigenvalue weighted by Crippen LogP contribution is 2.22. The van der Waals surface area contributed by atoms with Gasteiger partial charge in [-0.3, -0.25) is 4.79 Å². The number of benzene rings is 1. The lowest BCUT2D eigenvalue weighted by atomic mass is 10.3. The minimum atomic E-state index is -0.127. The second-order valence-corrected chi connectivity index (χ2v) is 6.26. The molecule has 0 aliphatic carbocycles. The van der Waals surface area contributed by atoms with E-state index in [0.717, 1.165) is 10.6 Å². The summed E-state index contributed by atoms with van der Waals surface area (Å²) in [6, 6.07) is 13.7. The number of rotatable bonds is 6. The van der Waals surface area contributed by atoms with Crippen LogP contribution in [0.5, 0.6) is 5.75 Å². The lowest BCUT2D eigenvalue weighted by molar-refractivity contribution is 0.0744. The predicted molar refractivity (Wildman–Crippen MR) is 94.8 cm³/mol. The Morgan fingerprint density at radius 1 is 1.25 bits per heavy atom. The van der Waals surface area contributed by atoms with Gasteiger partial charge in [0.25, 0.3) is 5.91 Å². The van der Waals surface area contributed by atoms with E-state index in [0.29, 0.717) is 24.5 Å². The summed E-state index contributed by atoms with van der Waals surface area (Å²) in [6.45, 7) is 3.15. The molecule has 0 N–H and O–H groups in total. The minimum Gasteiger partial charge on any atom is -0.493 e. The zero-order chi connectivity index (χ0) is 16.9. The maximum Gasteiger partial charge on any atom is 0.278 e. The van der Waals surface area contributed by atoms with Crippen LogP contribution in [0, 0.1) is 0 Å². The van der Waals surface area contributed by atoms with Gasteiger partial charge in [-0.15, -0.1) is 11.3 Å². The molecule has 0 unspecified atom stereocenters. The van der Waals surface area contributed by atoms with E-state index in [1.807, 2.05) is 54.8 Å². The molecule has 0 bridgehead atoms. The topological polar surface area (TPSA) is 47.4 Å². The van der Waals surface area contributed by atoms with Gasteiger partial charge in [-0.1, -0.05) is 24.3 Å². The van der Waals surface area contributed by atoms with Crippen LogP contribution >= 0.6 is 11.3 Å². The third kappa shape index (κ3) is 3.33. The molecular formula is C18H19N3O2S. The number of nitrogens with zero attached hydrogens (tertiary/aromatic N) is 3. The predicted octanol–water partition coefficient (Wildman–Crippen LogP) is 3.60. The summed E-state index contributed by atoms with van der Waals surface area (Å²) in [5, 5.41) is 6.47. The van der Waals surface area contributed by atoms with Gasteiger partial charge in [0.2, 0.25) is 0 Å². The molecule has 0 fully saturated rings. The standard InChI is InChI=1S/C18H19N3O2S/c1-3-20(12-15-10-7-11-24-15)18(22)17-16(23-2)13-21(19-17)14-8-5-4-6-9-14/h4-11,13H,3,12H2,1-2H3. The number of hydrogen-bond donors (Lipinski definition) is 0. The molecule has 0 aliphatic rings. The molecule has 2 heterocycles. The number of aromatic nitrogens is 2. The van der Waals surface area contributed by atoms with Crippen molar-refractivity contribution in [2.24, 2.45) is 0 Å². The number of carbonyl (C=O) groups is 1. The number of amides is 1. The van der Waals surface area contributed by atoms with Crippen molar-refractivity contribution in [3.05, 3.63) is 64.6 Å². The molecule has 1 amide bonds. The smallest absolute Gasteiger partial charge is 0.278 e. The van der Waals surface area contributed by atoms with Crippen LogP contribution in [0.1, 0.15) is 22.3 Å². The second kappa shape index (κ2) is 7.31. The summed E-state index contributed by atoms with van der Waals surface area (Å²) in [5.74, 6) is 0.353. The highest BCUT2D eigenvalue weighted by Gasteiger charge is 2.23. The Labute approximate surface area is 145 Å². The van der Waals surface area contributed by atoms with Gasteiger partial charge in [-0.2, -0.15) is 5.10 Å². The lowest BCUT2D eigenvalue weighted by Crippen LogP contribution is -2.30. The Bertz CT molecular complexity index is 797. The molecular weight excluding hydrogens is 322 g/mol. The van der Waals surface area contributed by atoms with Gasteiger partial charge >= 0.3 is 0 Å². The van der Waals surface area contributed by atoms with E-state index in [4.69, 9.17) is 4.74 Å². The maximum absolute atomic E-state index is 12.9. The van der Waals surface area contributed by atoms with Gasteiger partial charge in [0.15, 0.2) is 11.4 Å². The molecule has 0 saturated heterocycles. The van der Waals surface area contributed by atoms with E-state index < -0.39 is 0 Å².